The van der Waals surface area contributed by atoms with Crippen molar-refractivity contribution in [2.24, 2.45) is 0 Å². The lowest BCUT2D eigenvalue weighted by atomic mass is 9.97. The van der Waals surface area contributed by atoms with Gasteiger partial charge in [-0.3, -0.25) is 4.79 Å². The number of halogens is 1. The van der Waals surface area contributed by atoms with Crippen molar-refractivity contribution in [2.45, 2.75) is 32.1 Å². The molecule has 0 spiro atoms. The summed E-state index contributed by atoms with van der Waals surface area (Å²) in [5.41, 5.74) is 2.78. The fraction of sp³-hybridized carbons (Fsp3) is 0.318. The smallest absolute Gasteiger partial charge is 0.253 e. The van der Waals surface area contributed by atoms with E-state index >= 15 is 0 Å². The quantitative estimate of drug-likeness (QED) is 0.625. The largest absolute Gasteiger partial charge is 0.339 e. The van der Waals surface area contributed by atoms with E-state index in [0.29, 0.717) is 23.3 Å². The number of aryl methyl sites for hydroxylation is 1. The van der Waals surface area contributed by atoms with E-state index in [1.54, 1.807) is 0 Å². The molecule has 4 rings (SSSR count). The summed E-state index contributed by atoms with van der Waals surface area (Å²) in [6.45, 7) is 3.44. The van der Waals surface area contributed by atoms with Crippen LogP contribution in [0.25, 0.3) is 11.4 Å². The molecule has 1 aromatic heterocycles. The van der Waals surface area contributed by atoms with Gasteiger partial charge in [-0.2, -0.15) is 4.98 Å². The lowest BCUT2D eigenvalue weighted by molar-refractivity contribution is 0.0695. The Labute approximate surface area is 169 Å². The highest BCUT2D eigenvalue weighted by molar-refractivity contribution is 6.30. The molecule has 0 bridgehead atoms. The van der Waals surface area contributed by atoms with Gasteiger partial charge in [-0.05, 0) is 49.1 Å². The summed E-state index contributed by atoms with van der Waals surface area (Å²) < 4.78 is 5.52. The highest BCUT2D eigenvalue weighted by Crippen LogP contribution is 2.29. The van der Waals surface area contributed by atoms with Crippen molar-refractivity contribution in [3.05, 3.63) is 70.6 Å². The Morgan fingerprint density at radius 3 is 2.82 bits per heavy atom. The molecular weight excluding hydrogens is 374 g/mol. The van der Waals surface area contributed by atoms with Crippen LogP contribution < -0.4 is 0 Å². The van der Waals surface area contributed by atoms with Crippen molar-refractivity contribution in [1.82, 2.24) is 15.0 Å². The van der Waals surface area contributed by atoms with Gasteiger partial charge in [0.2, 0.25) is 11.7 Å². The summed E-state index contributed by atoms with van der Waals surface area (Å²) in [7, 11) is 0. The van der Waals surface area contributed by atoms with Crippen molar-refractivity contribution >= 4 is 17.5 Å². The van der Waals surface area contributed by atoms with E-state index in [1.807, 2.05) is 53.4 Å². The molecule has 0 saturated carbocycles. The van der Waals surface area contributed by atoms with Crippen LogP contribution in [-0.4, -0.2) is 34.0 Å². The Hall–Kier alpha value is -2.66. The molecule has 1 amide bonds. The summed E-state index contributed by atoms with van der Waals surface area (Å²) in [5.74, 6) is 1.21. The molecule has 2 heterocycles. The van der Waals surface area contributed by atoms with Crippen molar-refractivity contribution in [1.29, 1.82) is 0 Å². The molecule has 6 heteroatoms. The van der Waals surface area contributed by atoms with Crippen molar-refractivity contribution in [2.75, 3.05) is 13.1 Å². The first-order chi connectivity index (χ1) is 13.6. The van der Waals surface area contributed by atoms with Gasteiger partial charge in [0.25, 0.3) is 5.91 Å². The number of nitrogens with zero attached hydrogens (tertiary/aromatic N) is 3. The Balaban J connectivity index is 1.48. The van der Waals surface area contributed by atoms with E-state index in [1.165, 1.54) is 5.56 Å². The number of benzene rings is 2. The van der Waals surface area contributed by atoms with Crippen molar-refractivity contribution < 1.29 is 9.32 Å². The molecule has 1 unspecified atom stereocenters. The number of likely N-dealkylation sites (tertiary alicyclic amines) is 1. The molecule has 1 saturated heterocycles. The van der Waals surface area contributed by atoms with Crippen molar-refractivity contribution in [3.8, 4) is 11.4 Å². The van der Waals surface area contributed by atoms with Crippen LogP contribution in [0.2, 0.25) is 5.02 Å². The summed E-state index contributed by atoms with van der Waals surface area (Å²) in [6, 6.07) is 15.2. The highest BCUT2D eigenvalue weighted by atomic mass is 35.5. The van der Waals surface area contributed by atoms with Crippen LogP contribution in [0.15, 0.2) is 53.1 Å². The first kappa shape index (κ1) is 18.7. The molecule has 1 fully saturated rings. The maximum atomic E-state index is 12.9. The second-order valence-corrected chi connectivity index (χ2v) is 7.54. The minimum atomic E-state index is 0.0491. The minimum Gasteiger partial charge on any atom is -0.339 e. The first-order valence-corrected chi connectivity index (χ1v) is 9.99. The van der Waals surface area contributed by atoms with E-state index in [9.17, 15) is 4.79 Å². The summed E-state index contributed by atoms with van der Waals surface area (Å²) in [6.07, 6.45) is 2.81. The molecule has 0 radical (unpaired) electrons. The zero-order chi connectivity index (χ0) is 19.5. The third-order valence-electron chi connectivity index (χ3n) is 5.19. The van der Waals surface area contributed by atoms with Crippen LogP contribution in [0.3, 0.4) is 0 Å². The summed E-state index contributed by atoms with van der Waals surface area (Å²) in [5, 5.41) is 4.73. The number of piperidine rings is 1. The first-order valence-electron chi connectivity index (χ1n) is 9.62. The predicted octanol–water partition coefficient (Wildman–Crippen LogP) is 4.97. The van der Waals surface area contributed by atoms with Crippen molar-refractivity contribution in [3.63, 3.8) is 0 Å². The van der Waals surface area contributed by atoms with Gasteiger partial charge >= 0.3 is 0 Å². The van der Waals surface area contributed by atoms with Gasteiger partial charge in [0.05, 0.1) is 5.92 Å². The highest BCUT2D eigenvalue weighted by Gasteiger charge is 2.29. The number of hydrogen-bond donors (Lipinski definition) is 0. The van der Waals surface area contributed by atoms with E-state index in [4.69, 9.17) is 16.1 Å². The monoisotopic (exact) mass is 395 g/mol. The van der Waals surface area contributed by atoms with Gasteiger partial charge in [0, 0.05) is 29.2 Å². The summed E-state index contributed by atoms with van der Waals surface area (Å²) in [4.78, 5) is 19.3. The van der Waals surface area contributed by atoms with Gasteiger partial charge in [-0.25, -0.2) is 0 Å². The molecule has 5 nitrogen and oxygen atoms in total. The summed E-state index contributed by atoms with van der Waals surface area (Å²) >= 11 is 6.05. The lowest BCUT2D eigenvalue weighted by Gasteiger charge is -2.31. The number of amides is 1. The SMILES string of the molecule is CCc1ccc(C(=O)N2CCCC(c3nc(-c4cccc(Cl)c4)no3)C2)cc1. The average molecular weight is 396 g/mol. The standard InChI is InChI=1S/C22H22ClN3O2/c1-2-15-8-10-16(11-9-15)22(27)26-12-4-6-18(14-26)21-24-20(25-28-21)17-5-3-7-19(23)13-17/h3,5,7-11,13,18H,2,4,6,12,14H2,1H3. The molecular formula is C22H22ClN3O2. The molecule has 0 N–H and O–H groups in total. The van der Waals surface area contributed by atoms with Crippen LogP contribution in [0.4, 0.5) is 0 Å². The minimum absolute atomic E-state index is 0.0491. The van der Waals surface area contributed by atoms with Gasteiger partial charge in [-0.1, -0.05) is 47.9 Å². The van der Waals surface area contributed by atoms with E-state index in [0.717, 1.165) is 36.9 Å². The number of aromatic nitrogens is 2. The number of carbonyl (C=O) groups is 1. The van der Waals surface area contributed by atoms with E-state index in [2.05, 4.69) is 17.1 Å². The second-order valence-electron chi connectivity index (χ2n) is 7.11. The van der Waals surface area contributed by atoms with Crippen LogP contribution >= 0.6 is 11.6 Å². The number of hydrogen-bond acceptors (Lipinski definition) is 4. The molecule has 28 heavy (non-hydrogen) atoms. The van der Waals surface area contributed by atoms with E-state index in [-0.39, 0.29) is 11.8 Å². The normalized spacial score (nSPS) is 16.9. The van der Waals surface area contributed by atoms with E-state index < -0.39 is 0 Å². The number of rotatable bonds is 4. The molecule has 1 aliphatic rings. The van der Waals surface area contributed by atoms with Gasteiger partial charge < -0.3 is 9.42 Å². The van der Waals surface area contributed by atoms with Crippen LogP contribution in [0.5, 0.6) is 0 Å². The maximum absolute atomic E-state index is 12.9. The average Bonchev–Trinajstić information content (AvgIpc) is 3.24. The topological polar surface area (TPSA) is 59.2 Å². The third-order valence-corrected chi connectivity index (χ3v) is 5.43. The molecule has 144 valence electrons. The molecule has 1 atom stereocenters. The fourth-order valence-electron chi connectivity index (χ4n) is 3.57. The Morgan fingerprint density at radius 1 is 1.25 bits per heavy atom. The van der Waals surface area contributed by atoms with Crippen LogP contribution in [-0.2, 0) is 6.42 Å². The molecule has 2 aromatic carbocycles. The van der Waals surface area contributed by atoms with Gasteiger partial charge in [0.1, 0.15) is 0 Å². The number of carbonyl (C=O) groups excluding carboxylic acids is 1. The second kappa shape index (κ2) is 8.15. The van der Waals surface area contributed by atoms with Gasteiger partial charge in [-0.15, -0.1) is 0 Å². The molecule has 0 aliphatic carbocycles. The van der Waals surface area contributed by atoms with Gasteiger partial charge in [0.15, 0.2) is 0 Å². The maximum Gasteiger partial charge on any atom is 0.253 e. The van der Waals surface area contributed by atoms with Crippen LogP contribution in [0, 0.1) is 0 Å². The Morgan fingerprint density at radius 2 is 2.07 bits per heavy atom. The molecule has 1 aliphatic heterocycles. The fourth-order valence-corrected chi connectivity index (χ4v) is 3.76. The van der Waals surface area contributed by atoms with Crippen LogP contribution in [0.1, 0.15) is 47.5 Å². The Bertz CT molecular complexity index is 968. The third kappa shape index (κ3) is 3.94. The zero-order valence-electron chi connectivity index (χ0n) is 15.8. The Kier molecular flexibility index (Phi) is 5.44. The lowest BCUT2D eigenvalue weighted by Crippen LogP contribution is -2.39. The zero-order valence-corrected chi connectivity index (χ0v) is 16.5. The molecule has 3 aromatic rings. The predicted molar refractivity (Wildman–Crippen MR) is 108 cm³/mol.